The Morgan fingerprint density at radius 1 is 0.923 bits per heavy atom. The molecule has 0 saturated heterocycles. The van der Waals surface area contributed by atoms with Gasteiger partial charge in [-0.25, -0.2) is 8.78 Å². The summed E-state index contributed by atoms with van der Waals surface area (Å²) in [6.45, 7) is 3.92. The van der Waals surface area contributed by atoms with E-state index in [1.54, 1.807) is 0 Å². The van der Waals surface area contributed by atoms with Crippen LogP contribution in [-0.2, 0) is 0 Å². The molecule has 0 saturated carbocycles. The van der Waals surface area contributed by atoms with Gasteiger partial charge in [0.2, 0.25) is 5.95 Å². The largest absolute Gasteiger partial charge is 0.491 e. The number of hydrogen-bond acceptors (Lipinski definition) is 6. The van der Waals surface area contributed by atoms with E-state index in [1.807, 2.05) is 38.1 Å². The minimum absolute atomic E-state index is 0.102. The zero-order chi connectivity index (χ0) is 18.5. The van der Waals surface area contributed by atoms with Crippen molar-refractivity contribution in [3.8, 4) is 5.75 Å². The summed E-state index contributed by atoms with van der Waals surface area (Å²) in [7, 11) is 0. The van der Waals surface area contributed by atoms with Gasteiger partial charge in [-0.15, -0.1) is 5.10 Å². The van der Waals surface area contributed by atoms with Gasteiger partial charge in [-0.2, -0.15) is 10.1 Å². The molecular weight excluding hydrogens is 340 g/mol. The smallest absolute Gasteiger partial charge is 0.249 e. The third-order valence-corrected chi connectivity index (χ3v) is 3.23. The lowest BCUT2D eigenvalue weighted by molar-refractivity contribution is 0.242. The number of ether oxygens (including phenoxy) is 1. The molecule has 0 spiro atoms. The van der Waals surface area contributed by atoms with Crippen molar-refractivity contribution in [2.45, 2.75) is 20.0 Å². The first-order chi connectivity index (χ1) is 12.5. The molecule has 2 aromatic carbocycles. The van der Waals surface area contributed by atoms with Crippen molar-refractivity contribution < 1.29 is 13.5 Å². The molecule has 3 rings (SSSR count). The molecular formula is C18H17F2N5O. The van der Waals surface area contributed by atoms with Crippen LogP contribution in [0.1, 0.15) is 13.8 Å². The first-order valence-electron chi connectivity index (χ1n) is 7.95. The highest BCUT2D eigenvalue weighted by molar-refractivity contribution is 5.59. The van der Waals surface area contributed by atoms with Crippen LogP contribution in [0.2, 0.25) is 0 Å². The van der Waals surface area contributed by atoms with Crippen LogP contribution in [0.4, 0.5) is 31.9 Å². The van der Waals surface area contributed by atoms with Gasteiger partial charge in [-0.3, -0.25) is 0 Å². The summed E-state index contributed by atoms with van der Waals surface area (Å²) in [6, 6.07) is 10.8. The molecule has 26 heavy (non-hydrogen) atoms. The van der Waals surface area contributed by atoms with Gasteiger partial charge < -0.3 is 15.4 Å². The third-order valence-electron chi connectivity index (χ3n) is 3.23. The lowest BCUT2D eigenvalue weighted by atomic mass is 10.3. The number of benzene rings is 2. The number of nitrogens with one attached hydrogen (secondary N) is 2. The van der Waals surface area contributed by atoms with Crippen LogP contribution < -0.4 is 15.4 Å². The molecule has 0 atom stereocenters. The van der Waals surface area contributed by atoms with E-state index in [9.17, 15) is 8.78 Å². The van der Waals surface area contributed by atoms with Crippen molar-refractivity contribution in [3.05, 3.63) is 60.3 Å². The Balaban J connectivity index is 1.69. The summed E-state index contributed by atoms with van der Waals surface area (Å²) in [6.07, 6.45) is 1.55. The molecule has 0 fully saturated rings. The van der Waals surface area contributed by atoms with Gasteiger partial charge in [0.05, 0.1) is 12.3 Å². The van der Waals surface area contributed by atoms with Crippen molar-refractivity contribution in [1.29, 1.82) is 0 Å². The van der Waals surface area contributed by atoms with E-state index in [0.29, 0.717) is 11.5 Å². The SMILES string of the molecule is CC(C)Oc1ccc(Nc2cnnc(Nc3ccc(F)c(F)c3)n2)cc1. The molecule has 8 heteroatoms. The molecule has 2 N–H and O–H groups in total. The van der Waals surface area contributed by atoms with Gasteiger partial charge in [-0.1, -0.05) is 0 Å². The van der Waals surface area contributed by atoms with Crippen LogP contribution in [-0.4, -0.2) is 21.3 Å². The number of rotatable bonds is 6. The number of aromatic nitrogens is 3. The first-order valence-corrected chi connectivity index (χ1v) is 7.95. The fraction of sp³-hybridized carbons (Fsp3) is 0.167. The second kappa shape index (κ2) is 7.73. The van der Waals surface area contributed by atoms with E-state index in [-0.39, 0.29) is 12.1 Å². The van der Waals surface area contributed by atoms with Crippen molar-refractivity contribution >= 4 is 23.1 Å². The second-order valence-electron chi connectivity index (χ2n) is 5.74. The molecule has 0 unspecified atom stereocenters. The van der Waals surface area contributed by atoms with E-state index >= 15 is 0 Å². The predicted octanol–water partition coefficient (Wildman–Crippen LogP) is 4.42. The van der Waals surface area contributed by atoms with Crippen LogP contribution in [0.5, 0.6) is 5.75 Å². The molecule has 134 valence electrons. The van der Waals surface area contributed by atoms with Crippen LogP contribution in [0.25, 0.3) is 0 Å². The van der Waals surface area contributed by atoms with Crippen molar-refractivity contribution in [2.24, 2.45) is 0 Å². The highest BCUT2D eigenvalue weighted by Crippen LogP contribution is 2.21. The van der Waals surface area contributed by atoms with Gasteiger partial charge in [0, 0.05) is 17.4 Å². The number of halogens is 2. The lowest BCUT2D eigenvalue weighted by Gasteiger charge is -2.11. The van der Waals surface area contributed by atoms with Crippen LogP contribution >= 0.6 is 0 Å². The standard InChI is InChI=1S/C18H17F2N5O/c1-11(2)26-14-6-3-12(4-7-14)22-17-10-21-25-18(24-17)23-13-5-8-15(19)16(20)9-13/h3-11H,1-2H3,(H2,22,23,24,25). The summed E-state index contributed by atoms with van der Waals surface area (Å²) in [4.78, 5) is 4.24. The molecule has 1 heterocycles. The quantitative estimate of drug-likeness (QED) is 0.680. The molecule has 0 aliphatic rings. The molecule has 0 amide bonds. The van der Waals surface area contributed by atoms with Gasteiger partial charge in [0.15, 0.2) is 17.5 Å². The molecule has 3 aromatic rings. The van der Waals surface area contributed by atoms with E-state index in [4.69, 9.17) is 4.74 Å². The van der Waals surface area contributed by atoms with E-state index < -0.39 is 11.6 Å². The Morgan fingerprint density at radius 3 is 2.35 bits per heavy atom. The average Bonchev–Trinajstić information content (AvgIpc) is 2.60. The summed E-state index contributed by atoms with van der Waals surface area (Å²) in [5.74, 6) is -0.508. The van der Waals surface area contributed by atoms with Gasteiger partial charge in [-0.05, 0) is 50.2 Å². The zero-order valence-corrected chi connectivity index (χ0v) is 14.2. The van der Waals surface area contributed by atoms with Gasteiger partial charge >= 0.3 is 0 Å². The Morgan fingerprint density at radius 2 is 1.65 bits per heavy atom. The Bertz CT molecular complexity index is 887. The highest BCUT2D eigenvalue weighted by Gasteiger charge is 2.06. The summed E-state index contributed by atoms with van der Waals surface area (Å²) < 4.78 is 31.8. The first kappa shape index (κ1) is 17.5. The Kier molecular flexibility index (Phi) is 5.21. The third kappa shape index (κ3) is 4.62. The molecule has 0 bridgehead atoms. The van der Waals surface area contributed by atoms with E-state index in [1.165, 1.54) is 12.3 Å². The van der Waals surface area contributed by atoms with Crippen molar-refractivity contribution in [1.82, 2.24) is 15.2 Å². The minimum Gasteiger partial charge on any atom is -0.491 e. The fourth-order valence-corrected chi connectivity index (χ4v) is 2.16. The predicted molar refractivity (Wildman–Crippen MR) is 95.0 cm³/mol. The maximum absolute atomic E-state index is 13.3. The van der Waals surface area contributed by atoms with Crippen molar-refractivity contribution in [2.75, 3.05) is 10.6 Å². The van der Waals surface area contributed by atoms with Crippen LogP contribution in [0.15, 0.2) is 48.7 Å². The lowest BCUT2D eigenvalue weighted by Crippen LogP contribution is -2.05. The summed E-state index contributed by atoms with van der Waals surface area (Å²) >= 11 is 0. The number of anilines is 4. The monoisotopic (exact) mass is 357 g/mol. The zero-order valence-electron chi connectivity index (χ0n) is 14.2. The maximum atomic E-state index is 13.3. The Labute approximate surface area is 149 Å². The summed E-state index contributed by atoms with van der Waals surface area (Å²) in [5.41, 5.74) is 1.11. The number of hydrogen-bond donors (Lipinski definition) is 2. The van der Waals surface area contributed by atoms with Gasteiger partial charge in [0.1, 0.15) is 5.75 Å². The highest BCUT2D eigenvalue weighted by atomic mass is 19.2. The molecule has 0 aliphatic heterocycles. The van der Waals surface area contributed by atoms with Crippen molar-refractivity contribution in [3.63, 3.8) is 0 Å². The topological polar surface area (TPSA) is 72.0 Å². The normalized spacial score (nSPS) is 10.7. The number of nitrogens with zero attached hydrogens (tertiary/aromatic N) is 3. The Hall–Kier alpha value is -3.29. The molecule has 0 radical (unpaired) electrons. The van der Waals surface area contributed by atoms with Crippen LogP contribution in [0, 0.1) is 11.6 Å². The summed E-state index contributed by atoms with van der Waals surface area (Å²) in [5, 5.41) is 13.5. The second-order valence-corrected chi connectivity index (χ2v) is 5.74. The molecule has 1 aromatic heterocycles. The minimum atomic E-state index is -0.957. The van der Waals surface area contributed by atoms with Crippen LogP contribution in [0.3, 0.4) is 0 Å². The maximum Gasteiger partial charge on any atom is 0.249 e. The molecule has 0 aliphatic carbocycles. The molecule has 6 nitrogen and oxygen atoms in total. The van der Waals surface area contributed by atoms with E-state index in [0.717, 1.165) is 23.6 Å². The van der Waals surface area contributed by atoms with Gasteiger partial charge in [0.25, 0.3) is 0 Å². The van der Waals surface area contributed by atoms with E-state index in [2.05, 4.69) is 25.8 Å². The fourth-order valence-electron chi connectivity index (χ4n) is 2.16. The average molecular weight is 357 g/mol.